The maximum absolute atomic E-state index is 12.5. The lowest BCUT2D eigenvalue weighted by Gasteiger charge is -2.46. The minimum absolute atomic E-state index is 0.00146. The second kappa shape index (κ2) is 24.1. The smallest absolute Gasteiger partial charge is 0.315 e. The van der Waals surface area contributed by atoms with Crippen molar-refractivity contribution >= 4 is 23.7 Å². The molecule has 6 fully saturated rings. The highest BCUT2D eigenvalue weighted by Gasteiger charge is 2.59. The standard InChI is InChI=1S/C46H67N7O17S/c54-20-29-35(58)42(64)46(23-55,69-29)70-44-40(63)36(59)34(57)30(67-44)21-66-43-39(62)37(60)38(61)41(68-43)28(52-15-4-1-5-16-52)13-12-24-8-6-9-25(18-24)26-19-53(51-50-26)17-7-14-47-32(56)11-3-2-10-31-33-27(22-71-31)48-45(65)49-33/h6,8-9,18-19,27-31,33-44,54-55,57-64H,1-5,7,10-11,14-17,20-23H2,(H,47,56)(H2,48,49,65)/t27-,28?,29+,30+,31-,33-,34+,35+,36-,37-,38+,39+,40+,41+,42-,43-,44+,46-/m0/s1. The summed E-state index contributed by atoms with van der Waals surface area (Å²) in [6.45, 7) is -0.295. The first-order valence-corrected chi connectivity index (χ1v) is 25.4. The third kappa shape index (κ3) is 12.3. The average Bonchev–Trinajstić information content (AvgIpc) is 4.16. The van der Waals surface area contributed by atoms with Crippen LogP contribution in [0.2, 0.25) is 0 Å². The number of urea groups is 1. The molecular weight excluding hydrogens is 955 g/mol. The molecule has 25 heteroatoms. The lowest BCUT2D eigenvalue weighted by atomic mass is 9.92. The maximum Gasteiger partial charge on any atom is 0.315 e. The number of carbonyl (C=O) groups is 2. The minimum Gasteiger partial charge on any atom is -0.394 e. The van der Waals surface area contributed by atoms with E-state index in [0.717, 1.165) is 49.8 Å². The molecule has 0 radical (unpaired) electrons. The number of unbranched alkanes of at least 4 members (excludes halogenated alkanes) is 1. The predicted octanol–water partition coefficient (Wildman–Crippen LogP) is -4.17. The third-order valence-electron chi connectivity index (χ3n) is 14.0. The molecule has 71 heavy (non-hydrogen) atoms. The number of aliphatic hydroxyl groups excluding tert-OH is 10. The fraction of sp³-hybridized carbons (Fsp3) is 0.739. The van der Waals surface area contributed by atoms with Crippen LogP contribution in [0.25, 0.3) is 11.3 Å². The molecule has 1 aromatic carbocycles. The Balaban J connectivity index is 0.858. The van der Waals surface area contributed by atoms with Gasteiger partial charge in [-0.1, -0.05) is 42.0 Å². The first-order valence-electron chi connectivity index (χ1n) is 24.4. The van der Waals surface area contributed by atoms with Crippen LogP contribution < -0.4 is 16.0 Å². The van der Waals surface area contributed by atoms with Crippen molar-refractivity contribution in [3.8, 4) is 23.1 Å². The molecule has 3 amide bonds. The number of ether oxygens (including phenoxy) is 5. The van der Waals surface area contributed by atoms with Crippen LogP contribution in [0.15, 0.2) is 30.5 Å². The van der Waals surface area contributed by atoms with Crippen LogP contribution in [0.5, 0.6) is 0 Å². The first-order chi connectivity index (χ1) is 34.2. The molecule has 13 N–H and O–H groups in total. The summed E-state index contributed by atoms with van der Waals surface area (Å²) in [7, 11) is 0. The number of rotatable bonds is 19. The monoisotopic (exact) mass is 1020 g/mol. The Kier molecular flexibility index (Phi) is 18.3. The highest BCUT2D eigenvalue weighted by Crippen LogP contribution is 2.37. The number of nitrogens with zero attached hydrogens (tertiary/aromatic N) is 4. The van der Waals surface area contributed by atoms with E-state index in [4.69, 9.17) is 23.7 Å². The van der Waals surface area contributed by atoms with Crippen molar-refractivity contribution in [2.45, 2.75) is 167 Å². The number of benzene rings is 1. The molecule has 8 rings (SSSR count). The van der Waals surface area contributed by atoms with Crippen molar-refractivity contribution < 1.29 is 84.3 Å². The number of likely N-dealkylation sites (tertiary alicyclic amines) is 1. The molecule has 1 unspecified atom stereocenters. The minimum atomic E-state index is -2.41. The SMILES string of the molecule is O=C(CCCC[C@@H]1SC[C@@H]2NC(=O)N[C@@H]21)NCCCn1cc(-c2cccc(C#CC([C@H]3O[C@H](OC[C@H]4O[C@H](O[C@]5(CO)O[C@H](CO)[C@@H](O)[C@@H]5O)[C@H](O)[C@@H](O)[C@@H]4O)[C@H](O)[C@@H](O)[C@H]3O)N3CCCCC3)c2)nn1. The largest absolute Gasteiger partial charge is 0.394 e. The van der Waals surface area contributed by atoms with E-state index in [1.165, 1.54) is 0 Å². The van der Waals surface area contributed by atoms with Gasteiger partial charge in [0.15, 0.2) is 12.6 Å². The van der Waals surface area contributed by atoms with Crippen LogP contribution in [0, 0.1) is 11.8 Å². The molecule has 7 heterocycles. The number of hydrogen-bond donors (Lipinski definition) is 13. The third-order valence-corrected chi connectivity index (χ3v) is 15.6. The topological polar surface area (TPSA) is 353 Å². The molecule has 1 aromatic heterocycles. The maximum atomic E-state index is 12.5. The Hall–Kier alpha value is -3.63. The normalized spacial score (nSPS) is 37.7. The Bertz CT molecular complexity index is 2150. The summed E-state index contributed by atoms with van der Waals surface area (Å²) in [5, 5.41) is 124. The zero-order valence-corrected chi connectivity index (χ0v) is 39.9. The lowest BCUT2D eigenvalue weighted by Crippen LogP contribution is -2.65. The molecule has 0 saturated carbocycles. The number of thioether (sulfide) groups is 1. The summed E-state index contributed by atoms with van der Waals surface area (Å²) in [6, 6.07) is 6.77. The number of aryl methyl sites for hydroxylation is 1. The molecule has 394 valence electrons. The predicted molar refractivity (Wildman–Crippen MR) is 247 cm³/mol. The van der Waals surface area contributed by atoms with Gasteiger partial charge in [0.1, 0.15) is 85.5 Å². The number of aromatic nitrogens is 3. The Morgan fingerprint density at radius 1 is 0.915 bits per heavy atom. The Morgan fingerprint density at radius 2 is 1.69 bits per heavy atom. The zero-order valence-electron chi connectivity index (χ0n) is 39.0. The number of fused-ring (bicyclic) bond motifs is 1. The molecule has 2 aromatic rings. The Labute approximate surface area is 413 Å². The number of amides is 3. The van der Waals surface area contributed by atoms with Gasteiger partial charge >= 0.3 is 6.03 Å². The van der Waals surface area contributed by atoms with Crippen molar-refractivity contribution in [1.82, 2.24) is 35.8 Å². The first kappa shape index (κ1) is 53.7. The van der Waals surface area contributed by atoms with E-state index in [2.05, 4.69) is 38.1 Å². The number of piperidine rings is 1. The number of hydrogen-bond acceptors (Lipinski definition) is 21. The highest BCUT2D eigenvalue weighted by atomic mass is 32.2. The van der Waals surface area contributed by atoms with Gasteiger partial charge in [-0.2, -0.15) is 11.8 Å². The van der Waals surface area contributed by atoms with Crippen LogP contribution >= 0.6 is 11.8 Å². The van der Waals surface area contributed by atoms with Crippen molar-refractivity contribution in [1.29, 1.82) is 0 Å². The van der Waals surface area contributed by atoms with Gasteiger partial charge in [-0.15, -0.1) is 5.10 Å². The molecule has 6 aliphatic heterocycles. The zero-order chi connectivity index (χ0) is 50.4. The van der Waals surface area contributed by atoms with E-state index in [-0.39, 0.29) is 24.0 Å². The van der Waals surface area contributed by atoms with E-state index < -0.39 is 111 Å². The van der Waals surface area contributed by atoms with Gasteiger partial charge in [0.25, 0.3) is 0 Å². The molecular formula is C46H67N7O17S. The number of nitrogens with one attached hydrogen (secondary N) is 3. The fourth-order valence-corrected chi connectivity index (χ4v) is 11.5. The van der Waals surface area contributed by atoms with Gasteiger partial charge in [0, 0.05) is 41.6 Å². The summed E-state index contributed by atoms with van der Waals surface area (Å²) in [4.78, 5) is 26.2. The van der Waals surface area contributed by atoms with Crippen molar-refractivity contribution in [2.24, 2.45) is 0 Å². The van der Waals surface area contributed by atoms with E-state index in [1.807, 2.05) is 47.1 Å². The molecule has 6 saturated heterocycles. The van der Waals surface area contributed by atoms with Crippen molar-refractivity contribution in [3.05, 3.63) is 36.0 Å². The molecule has 24 nitrogen and oxygen atoms in total. The van der Waals surface area contributed by atoms with Crippen LogP contribution in [-0.2, 0) is 35.0 Å². The molecule has 18 atom stereocenters. The van der Waals surface area contributed by atoms with E-state index in [9.17, 15) is 60.7 Å². The van der Waals surface area contributed by atoms with Gasteiger partial charge in [0.05, 0.1) is 31.5 Å². The average molecular weight is 1020 g/mol. The van der Waals surface area contributed by atoms with Crippen molar-refractivity contribution in [3.63, 3.8) is 0 Å². The molecule has 0 bridgehead atoms. The quantitative estimate of drug-likeness (QED) is 0.0361. The second-order valence-corrected chi connectivity index (χ2v) is 20.3. The van der Waals surface area contributed by atoms with E-state index in [1.54, 1.807) is 4.68 Å². The summed E-state index contributed by atoms with van der Waals surface area (Å²) in [6.07, 6.45) is -14.1. The van der Waals surface area contributed by atoms with Crippen LogP contribution in [0.3, 0.4) is 0 Å². The van der Waals surface area contributed by atoms with E-state index in [0.29, 0.717) is 55.5 Å². The summed E-state index contributed by atoms with van der Waals surface area (Å²) in [5.74, 6) is 4.93. The molecule has 6 aliphatic rings. The highest BCUT2D eigenvalue weighted by molar-refractivity contribution is 8.00. The second-order valence-electron chi connectivity index (χ2n) is 19.0. The van der Waals surface area contributed by atoms with Crippen LogP contribution in [0.4, 0.5) is 4.79 Å². The number of aliphatic hydroxyl groups is 10. The Morgan fingerprint density at radius 3 is 2.45 bits per heavy atom. The van der Waals surface area contributed by atoms with Gasteiger partial charge in [-0.05, 0) is 57.3 Å². The number of carbonyl (C=O) groups excluding carboxylic acids is 2. The molecule has 0 spiro atoms. The van der Waals surface area contributed by atoms with Crippen molar-refractivity contribution in [2.75, 3.05) is 45.2 Å². The molecule has 0 aliphatic carbocycles. The fourth-order valence-electron chi connectivity index (χ4n) is 9.94. The van der Waals surface area contributed by atoms with Gasteiger partial charge < -0.3 is 90.7 Å². The summed E-state index contributed by atoms with van der Waals surface area (Å²) < 4.78 is 30.4. The summed E-state index contributed by atoms with van der Waals surface area (Å²) >= 11 is 1.87. The van der Waals surface area contributed by atoms with Crippen LogP contribution in [0.1, 0.15) is 56.9 Å². The van der Waals surface area contributed by atoms with Gasteiger partial charge in [-0.25, -0.2) is 4.79 Å². The van der Waals surface area contributed by atoms with Crippen LogP contribution in [-0.4, -0.2) is 237 Å². The van der Waals surface area contributed by atoms with Gasteiger partial charge in [-0.3, -0.25) is 14.4 Å². The lowest BCUT2D eigenvalue weighted by molar-refractivity contribution is -0.388. The van der Waals surface area contributed by atoms with Gasteiger partial charge in [0.2, 0.25) is 11.7 Å². The van der Waals surface area contributed by atoms with E-state index >= 15 is 0 Å². The summed E-state index contributed by atoms with van der Waals surface area (Å²) in [5.41, 5.74) is 1.95.